The number of thiazole rings is 1. The topological polar surface area (TPSA) is 24.9 Å². The molecule has 0 radical (unpaired) electrons. The number of hydrogen-bond donors (Lipinski definition) is 1. The van der Waals surface area contributed by atoms with Gasteiger partial charge in [0.25, 0.3) is 0 Å². The van der Waals surface area contributed by atoms with E-state index in [1.54, 1.807) is 0 Å². The molecule has 1 N–H and O–H groups in total. The van der Waals surface area contributed by atoms with Crippen LogP contribution in [0.2, 0.25) is 0 Å². The Morgan fingerprint density at radius 1 is 1.47 bits per heavy atom. The van der Waals surface area contributed by atoms with Crippen molar-refractivity contribution >= 4 is 11.3 Å². The summed E-state index contributed by atoms with van der Waals surface area (Å²) >= 11 is 1.83. The molecule has 2 rings (SSSR count). The van der Waals surface area contributed by atoms with Crippen molar-refractivity contribution in [3.63, 3.8) is 0 Å². The third-order valence-corrected chi connectivity index (χ3v) is 5.36. The lowest BCUT2D eigenvalue weighted by Crippen LogP contribution is -2.50. The van der Waals surface area contributed by atoms with Crippen LogP contribution in [-0.4, -0.2) is 12.0 Å². The molecular formula is C14H24N2S. The zero-order valence-electron chi connectivity index (χ0n) is 11.4. The lowest BCUT2D eigenvalue weighted by atomic mass is 9.68. The molecule has 2 unspecified atom stereocenters. The molecule has 1 aromatic heterocycles. The van der Waals surface area contributed by atoms with Gasteiger partial charge < -0.3 is 5.32 Å². The van der Waals surface area contributed by atoms with Gasteiger partial charge in [0, 0.05) is 11.1 Å². The minimum atomic E-state index is 0.130. The maximum absolute atomic E-state index is 4.77. The van der Waals surface area contributed by atoms with Crippen LogP contribution in [0.3, 0.4) is 0 Å². The van der Waals surface area contributed by atoms with Crippen molar-refractivity contribution in [2.45, 2.75) is 52.0 Å². The molecule has 0 aromatic carbocycles. The molecule has 1 aliphatic rings. The number of hydrogen-bond acceptors (Lipinski definition) is 3. The molecule has 0 aliphatic heterocycles. The number of rotatable bonds is 3. The van der Waals surface area contributed by atoms with Gasteiger partial charge in [0.15, 0.2) is 0 Å². The Balaban J connectivity index is 2.39. The highest BCUT2D eigenvalue weighted by atomic mass is 32.1. The monoisotopic (exact) mass is 252 g/mol. The van der Waals surface area contributed by atoms with Gasteiger partial charge >= 0.3 is 0 Å². The van der Waals surface area contributed by atoms with E-state index in [2.05, 4.69) is 38.5 Å². The van der Waals surface area contributed by atoms with Crippen molar-refractivity contribution in [3.8, 4) is 0 Å². The van der Waals surface area contributed by atoms with Crippen LogP contribution in [0.4, 0.5) is 0 Å². The summed E-state index contributed by atoms with van der Waals surface area (Å²) in [5, 5.41) is 7.11. The van der Waals surface area contributed by atoms with Crippen LogP contribution >= 0.6 is 11.3 Å². The van der Waals surface area contributed by atoms with Gasteiger partial charge in [0.2, 0.25) is 0 Å². The predicted octanol–water partition coefficient (Wildman–Crippen LogP) is 3.71. The van der Waals surface area contributed by atoms with Gasteiger partial charge in [-0.2, -0.15) is 0 Å². The van der Waals surface area contributed by atoms with Crippen molar-refractivity contribution in [2.24, 2.45) is 11.8 Å². The van der Waals surface area contributed by atoms with Gasteiger partial charge in [-0.15, -0.1) is 11.3 Å². The lowest BCUT2D eigenvalue weighted by Gasteiger charge is -2.45. The number of nitrogens with zero attached hydrogens (tertiary/aromatic N) is 1. The molecule has 3 heteroatoms. The summed E-state index contributed by atoms with van der Waals surface area (Å²) in [5.74, 6) is 1.43. The number of aromatic nitrogens is 1. The van der Waals surface area contributed by atoms with Crippen molar-refractivity contribution in [1.29, 1.82) is 0 Å². The average Bonchev–Trinajstić information content (AvgIpc) is 2.76. The lowest BCUT2D eigenvalue weighted by molar-refractivity contribution is 0.108. The SMILES string of the molecule is CNC1(c2nc(C)cs2)CCCCC1C(C)C. The van der Waals surface area contributed by atoms with Crippen LogP contribution < -0.4 is 5.32 Å². The second-order valence-corrected chi connectivity index (χ2v) is 6.47. The zero-order valence-corrected chi connectivity index (χ0v) is 12.2. The van der Waals surface area contributed by atoms with Crippen LogP contribution in [0.5, 0.6) is 0 Å². The fraction of sp³-hybridized carbons (Fsp3) is 0.786. The van der Waals surface area contributed by atoms with Crippen molar-refractivity contribution in [3.05, 3.63) is 16.1 Å². The molecule has 2 nitrogen and oxygen atoms in total. The first kappa shape index (κ1) is 13.0. The highest BCUT2D eigenvalue weighted by molar-refractivity contribution is 7.09. The van der Waals surface area contributed by atoms with Gasteiger partial charge in [0.05, 0.1) is 5.54 Å². The van der Waals surface area contributed by atoms with E-state index < -0.39 is 0 Å². The maximum atomic E-state index is 4.77. The van der Waals surface area contributed by atoms with Gasteiger partial charge in [-0.3, -0.25) is 0 Å². The summed E-state index contributed by atoms with van der Waals surface area (Å²) < 4.78 is 0. The highest BCUT2D eigenvalue weighted by Crippen LogP contribution is 2.45. The summed E-state index contributed by atoms with van der Waals surface area (Å²) in [6, 6.07) is 0. The third kappa shape index (κ3) is 2.27. The summed E-state index contributed by atoms with van der Waals surface area (Å²) in [6.07, 6.45) is 5.26. The molecule has 0 bridgehead atoms. The molecule has 0 spiro atoms. The van der Waals surface area contributed by atoms with Crippen LogP contribution in [0, 0.1) is 18.8 Å². The highest BCUT2D eigenvalue weighted by Gasteiger charge is 2.44. The Morgan fingerprint density at radius 3 is 2.76 bits per heavy atom. The molecule has 1 fully saturated rings. The number of aryl methyl sites for hydroxylation is 1. The predicted molar refractivity (Wildman–Crippen MR) is 74.4 cm³/mol. The Hall–Kier alpha value is -0.410. The Kier molecular flexibility index (Phi) is 3.88. The Morgan fingerprint density at radius 2 is 2.24 bits per heavy atom. The van der Waals surface area contributed by atoms with Crippen LogP contribution in [0.25, 0.3) is 0 Å². The molecule has 1 heterocycles. The molecule has 1 aromatic rings. The van der Waals surface area contributed by atoms with Crippen LogP contribution in [-0.2, 0) is 5.54 Å². The molecule has 1 aliphatic carbocycles. The summed E-state index contributed by atoms with van der Waals surface area (Å²) in [4.78, 5) is 4.77. The molecular weight excluding hydrogens is 228 g/mol. The van der Waals surface area contributed by atoms with E-state index in [0.29, 0.717) is 11.8 Å². The first-order valence-corrected chi connectivity index (χ1v) is 7.59. The Labute approximate surface area is 109 Å². The molecule has 96 valence electrons. The van der Waals surface area contributed by atoms with Gasteiger partial charge in [-0.05, 0) is 38.6 Å². The van der Waals surface area contributed by atoms with Crippen molar-refractivity contribution < 1.29 is 0 Å². The standard InChI is InChI=1S/C14H24N2S/c1-10(2)12-7-5-6-8-14(12,15-4)13-16-11(3)9-17-13/h9-10,12,15H,5-8H2,1-4H3. The fourth-order valence-corrected chi connectivity index (χ4v) is 4.44. The molecule has 17 heavy (non-hydrogen) atoms. The van der Waals surface area contributed by atoms with E-state index in [1.807, 2.05) is 11.3 Å². The summed E-state index contributed by atoms with van der Waals surface area (Å²) in [5.41, 5.74) is 1.29. The van der Waals surface area contributed by atoms with E-state index in [0.717, 1.165) is 5.69 Å². The Bertz CT molecular complexity index is 372. The number of nitrogens with one attached hydrogen (secondary N) is 1. The fourth-order valence-electron chi connectivity index (χ4n) is 3.34. The second-order valence-electron chi connectivity index (χ2n) is 5.61. The average molecular weight is 252 g/mol. The second kappa shape index (κ2) is 5.07. The molecule has 2 atom stereocenters. The summed E-state index contributed by atoms with van der Waals surface area (Å²) in [7, 11) is 2.11. The van der Waals surface area contributed by atoms with E-state index in [4.69, 9.17) is 4.98 Å². The minimum absolute atomic E-state index is 0.130. The maximum Gasteiger partial charge on any atom is 0.113 e. The normalized spacial score (nSPS) is 29.8. The van der Waals surface area contributed by atoms with E-state index in [-0.39, 0.29) is 5.54 Å². The molecule has 0 saturated heterocycles. The van der Waals surface area contributed by atoms with Crippen LogP contribution in [0.15, 0.2) is 5.38 Å². The smallest absolute Gasteiger partial charge is 0.113 e. The van der Waals surface area contributed by atoms with Crippen molar-refractivity contribution in [1.82, 2.24) is 10.3 Å². The van der Waals surface area contributed by atoms with E-state index in [9.17, 15) is 0 Å². The van der Waals surface area contributed by atoms with Crippen LogP contribution in [0.1, 0.15) is 50.2 Å². The molecule has 0 amide bonds. The van der Waals surface area contributed by atoms with Gasteiger partial charge in [-0.1, -0.05) is 26.7 Å². The molecule has 1 saturated carbocycles. The minimum Gasteiger partial charge on any atom is -0.308 e. The first-order chi connectivity index (χ1) is 8.10. The zero-order chi connectivity index (χ0) is 12.5. The largest absolute Gasteiger partial charge is 0.308 e. The van der Waals surface area contributed by atoms with E-state index >= 15 is 0 Å². The third-order valence-electron chi connectivity index (χ3n) is 4.22. The van der Waals surface area contributed by atoms with Gasteiger partial charge in [0.1, 0.15) is 5.01 Å². The summed E-state index contributed by atoms with van der Waals surface area (Å²) in [6.45, 7) is 6.79. The first-order valence-electron chi connectivity index (χ1n) is 6.71. The van der Waals surface area contributed by atoms with Gasteiger partial charge in [-0.25, -0.2) is 4.98 Å². The van der Waals surface area contributed by atoms with E-state index in [1.165, 1.54) is 30.7 Å². The van der Waals surface area contributed by atoms with Crippen molar-refractivity contribution in [2.75, 3.05) is 7.05 Å². The quantitative estimate of drug-likeness (QED) is 0.887.